The summed E-state index contributed by atoms with van der Waals surface area (Å²) < 4.78 is 2.01. The first-order valence-corrected chi connectivity index (χ1v) is 6.71. The Morgan fingerprint density at radius 3 is 2.21 bits per heavy atom. The van der Waals surface area contributed by atoms with E-state index in [1.54, 1.807) is 0 Å². The molecule has 3 heteroatoms. The van der Waals surface area contributed by atoms with E-state index in [1.807, 2.05) is 18.8 Å². The molecule has 19 heavy (non-hydrogen) atoms. The van der Waals surface area contributed by atoms with Crippen molar-refractivity contribution in [2.75, 3.05) is 7.05 Å². The molecule has 1 N–H and O–H groups in total. The Bertz CT molecular complexity index is 586. The summed E-state index contributed by atoms with van der Waals surface area (Å²) >= 11 is 0. The van der Waals surface area contributed by atoms with Crippen molar-refractivity contribution in [3.05, 3.63) is 40.1 Å². The predicted octanol–water partition coefficient (Wildman–Crippen LogP) is 3.04. The molecule has 1 aromatic heterocycles. The topological polar surface area (TPSA) is 29.9 Å². The quantitative estimate of drug-likeness (QED) is 0.916. The molecule has 0 aliphatic rings. The lowest BCUT2D eigenvalue weighted by atomic mass is 9.95. The zero-order chi connectivity index (χ0) is 14.2. The van der Waals surface area contributed by atoms with E-state index in [1.165, 1.54) is 33.5 Å². The maximum absolute atomic E-state index is 4.64. The molecule has 0 spiro atoms. The number of hydrogen-bond acceptors (Lipinski definition) is 2. The van der Waals surface area contributed by atoms with Gasteiger partial charge in [0, 0.05) is 19.2 Å². The van der Waals surface area contributed by atoms with Gasteiger partial charge in [-0.2, -0.15) is 5.10 Å². The molecular formula is C16H23N3. The van der Waals surface area contributed by atoms with Crippen LogP contribution >= 0.6 is 0 Å². The summed E-state index contributed by atoms with van der Waals surface area (Å²) in [5.74, 6) is 0. The molecule has 0 atom stereocenters. The number of benzene rings is 1. The fraction of sp³-hybridized carbons (Fsp3) is 0.438. The fourth-order valence-electron chi connectivity index (χ4n) is 2.92. The first-order chi connectivity index (χ1) is 8.95. The Hall–Kier alpha value is -1.61. The molecule has 102 valence electrons. The van der Waals surface area contributed by atoms with Crippen molar-refractivity contribution in [1.29, 1.82) is 0 Å². The molecule has 0 aliphatic heterocycles. The monoisotopic (exact) mass is 257 g/mol. The van der Waals surface area contributed by atoms with E-state index in [0.29, 0.717) is 0 Å². The zero-order valence-electron chi connectivity index (χ0n) is 12.8. The van der Waals surface area contributed by atoms with E-state index in [2.05, 4.69) is 50.2 Å². The van der Waals surface area contributed by atoms with E-state index in [0.717, 1.165) is 12.2 Å². The summed E-state index contributed by atoms with van der Waals surface area (Å²) in [6.45, 7) is 9.47. The molecule has 0 amide bonds. The molecule has 2 rings (SSSR count). The number of rotatable bonds is 3. The Kier molecular flexibility index (Phi) is 3.76. The standard InChI is InChI=1S/C16H23N3/c1-10-7-11(2)15(12(3)8-10)16-13(4)14(9-17-5)18-19(16)6/h7-8,17H,9H2,1-6H3. The Labute approximate surface area is 115 Å². The van der Waals surface area contributed by atoms with Crippen molar-refractivity contribution in [2.24, 2.45) is 7.05 Å². The highest BCUT2D eigenvalue weighted by Gasteiger charge is 2.17. The molecule has 2 aromatic rings. The predicted molar refractivity (Wildman–Crippen MR) is 80.4 cm³/mol. The van der Waals surface area contributed by atoms with Crippen LogP contribution in [0.25, 0.3) is 11.3 Å². The van der Waals surface area contributed by atoms with Gasteiger partial charge in [-0.05, 0) is 51.4 Å². The van der Waals surface area contributed by atoms with Crippen LogP contribution in [0.3, 0.4) is 0 Å². The number of nitrogens with one attached hydrogen (secondary N) is 1. The molecule has 0 unspecified atom stereocenters. The zero-order valence-corrected chi connectivity index (χ0v) is 12.8. The van der Waals surface area contributed by atoms with Crippen LogP contribution in [0.15, 0.2) is 12.1 Å². The molecule has 0 saturated heterocycles. The minimum atomic E-state index is 0.809. The maximum atomic E-state index is 4.64. The van der Waals surface area contributed by atoms with Crippen LogP contribution in [0.4, 0.5) is 0 Å². The summed E-state index contributed by atoms with van der Waals surface area (Å²) in [7, 11) is 3.98. The SMILES string of the molecule is CNCc1nn(C)c(-c2c(C)cc(C)cc2C)c1C. The third-order valence-electron chi connectivity index (χ3n) is 3.64. The van der Waals surface area contributed by atoms with E-state index < -0.39 is 0 Å². The van der Waals surface area contributed by atoms with Crippen molar-refractivity contribution in [1.82, 2.24) is 15.1 Å². The Morgan fingerprint density at radius 2 is 1.68 bits per heavy atom. The molecular weight excluding hydrogens is 234 g/mol. The molecule has 1 heterocycles. The van der Waals surface area contributed by atoms with Gasteiger partial charge in [0.25, 0.3) is 0 Å². The third-order valence-corrected chi connectivity index (χ3v) is 3.64. The summed E-state index contributed by atoms with van der Waals surface area (Å²) in [4.78, 5) is 0. The van der Waals surface area contributed by atoms with Crippen LogP contribution in [-0.4, -0.2) is 16.8 Å². The average molecular weight is 257 g/mol. The van der Waals surface area contributed by atoms with Crippen LogP contribution in [-0.2, 0) is 13.6 Å². The van der Waals surface area contributed by atoms with Crippen molar-refractivity contribution in [3.63, 3.8) is 0 Å². The van der Waals surface area contributed by atoms with Crippen molar-refractivity contribution >= 4 is 0 Å². The largest absolute Gasteiger partial charge is 0.314 e. The maximum Gasteiger partial charge on any atom is 0.0797 e. The summed E-state index contributed by atoms with van der Waals surface area (Å²) in [5.41, 5.74) is 8.90. The summed E-state index contributed by atoms with van der Waals surface area (Å²) in [6, 6.07) is 4.49. The highest BCUT2D eigenvalue weighted by Crippen LogP contribution is 2.31. The van der Waals surface area contributed by atoms with Crippen LogP contribution in [0, 0.1) is 27.7 Å². The number of hydrogen-bond donors (Lipinski definition) is 1. The van der Waals surface area contributed by atoms with Gasteiger partial charge in [-0.25, -0.2) is 0 Å². The van der Waals surface area contributed by atoms with E-state index in [9.17, 15) is 0 Å². The van der Waals surface area contributed by atoms with Gasteiger partial charge in [0.2, 0.25) is 0 Å². The molecule has 0 fully saturated rings. The number of aryl methyl sites for hydroxylation is 4. The normalized spacial score (nSPS) is 11.1. The first-order valence-electron chi connectivity index (χ1n) is 6.71. The van der Waals surface area contributed by atoms with Crippen LogP contribution in [0.1, 0.15) is 27.9 Å². The van der Waals surface area contributed by atoms with Crippen molar-refractivity contribution < 1.29 is 0 Å². The van der Waals surface area contributed by atoms with Gasteiger partial charge in [-0.3, -0.25) is 4.68 Å². The van der Waals surface area contributed by atoms with Crippen LogP contribution < -0.4 is 5.32 Å². The number of aromatic nitrogens is 2. The van der Waals surface area contributed by atoms with E-state index >= 15 is 0 Å². The van der Waals surface area contributed by atoms with Crippen molar-refractivity contribution in [3.8, 4) is 11.3 Å². The van der Waals surface area contributed by atoms with Gasteiger partial charge < -0.3 is 5.32 Å². The summed E-state index contributed by atoms with van der Waals surface area (Å²) in [6.07, 6.45) is 0. The Balaban J connectivity index is 2.66. The second-order valence-corrected chi connectivity index (χ2v) is 5.35. The Morgan fingerprint density at radius 1 is 1.11 bits per heavy atom. The highest BCUT2D eigenvalue weighted by atomic mass is 15.3. The molecule has 0 radical (unpaired) electrons. The van der Waals surface area contributed by atoms with Crippen LogP contribution in [0.5, 0.6) is 0 Å². The van der Waals surface area contributed by atoms with Gasteiger partial charge in [-0.15, -0.1) is 0 Å². The lowest BCUT2D eigenvalue weighted by molar-refractivity contribution is 0.715. The molecule has 3 nitrogen and oxygen atoms in total. The number of nitrogens with zero attached hydrogens (tertiary/aromatic N) is 2. The van der Waals surface area contributed by atoms with Gasteiger partial charge >= 0.3 is 0 Å². The molecule has 0 bridgehead atoms. The van der Waals surface area contributed by atoms with Crippen LogP contribution in [0.2, 0.25) is 0 Å². The lowest BCUT2D eigenvalue weighted by Crippen LogP contribution is -2.06. The molecule has 0 aliphatic carbocycles. The summed E-state index contributed by atoms with van der Waals surface area (Å²) in [5, 5.41) is 7.81. The molecule has 0 saturated carbocycles. The molecule has 1 aromatic carbocycles. The fourth-order valence-corrected chi connectivity index (χ4v) is 2.92. The van der Waals surface area contributed by atoms with Crippen molar-refractivity contribution in [2.45, 2.75) is 34.2 Å². The average Bonchev–Trinajstić information content (AvgIpc) is 2.56. The minimum Gasteiger partial charge on any atom is -0.314 e. The lowest BCUT2D eigenvalue weighted by Gasteiger charge is -2.13. The third kappa shape index (κ3) is 2.43. The van der Waals surface area contributed by atoms with Gasteiger partial charge in [0.05, 0.1) is 11.4 Å². The minimum absolute atomic E-state index is 0.809. The second-order valence-electron chi connectivity index (χ2n) is 5.35. The van der Waals surface area contributed by atoms with E-state index in [-0.39, 0.29) is 0 Å². The van der Waals surface area contributed by atoms with Gasteiger partial charge in [0.1, 0.15) is 0 Å². The van der Waals surface area contributed by atoms with Gasteiger partial charge in [-0.1, -0.05) is 17.7 Å². The van der Waals surface area contributed by atoms with E-state index in [4.69, 9.17) is 0 Å². The second kappa shape index (κ2) is 5.17. The smallest absolute Gasteiger partial charge is 0.0797 e. The highest BCUT2D eigenvalue weighted by molar-refractivity contribution is 5.71. The first kappa shape index (κ1) is 13.8. The van der Waals surface area contributed by atoms with Gasteiger partial charge in [0.15, 0.2) is 0 Å².